The van der Waals surface area contributed by atoms with Crippen molar-refractivity contribution in [3.8, 4) is 0 Å². The minimum Gasteiger partial charge on any atom is -0.477 e. The van der Waals surface area contributed by atoms with E-state index >= 15 is 0 Å². The molecule has 19 heavy (non-hydrogen) atoms. The minimum atomic E-state index is -0.864. The van der Waals surface area contributed by atoms with Gasteiger partial charge in [-0.15, -0.1) is 34.4 Å². The summed E-state index contributed by atoms with van der Waals surface area (Å²) in [6.07, 6.45) is 0. The lowest BCUT2D eigenvalue weighted by Crippen LogP contribution is -1.89. The first-order chi connectivity index (χ1) is 9.22. The van der Waals surface area contributed by atoms with Crippen molar-refractivity contribution in [3.63, 3.8) is 0 Å². The number of carbonyl (C=O) groups is 1. The highest BCUT2D eigenvalue weighted by Crippen LogP contribution is 2.30. The van der Waals surface area contributed by atoms with Gasteiger partial charge in [0.05, 0.1) is 16.0 Å². The lowest BCUT2D eigenvalue weighted by atomic mass is 10.3. The maximum atomic E-state index is 10.8. The van der Waals surface area contributed by atoms with Gasteiger partial charge in [0, 0.05) is 10.3 Å². The molecule has 0 unspecified atom stereocenters. The molecule has 0 aliphatic rings. The summed E-state index contributed by atoms with van der Waals surface area (Å²) in [5.74, 6) is -0.0911. The number of thiophene rings is 1. The van der Waals surface area contributed by atoms with Gasteiger partial charge in [0.15, 0.2) is 0 Å². The average molecular weight is 307 g/mol. The van der Waals surface area contributed by atoms with E-state index < -0.39 is 5.97 Å². The Morgan fingerprint density at radius 3 is 2.95 bits per heavy atom. The maximum Gasteiger partial charge on any atom is 0.345 e. The molecule has 0 saturated heterocycles. The monoisotopic (exact) mass is 307 g/mol. The number of fused-ring (bicyclic) bond motifs is 1. The summed E-state index contributed by atoms with van der Waals surface area (Å²) < 4.78 is 1.19. The molecule has 3 rings (SSSR count). The normalized spacial score (nSPS) is 10.9. The molecule has 1 N–H and O–H groups in total. The maximum absolute atomic E-state index is 10.8. The van der Waals surface area contributed by atoms with Gasteiger partial charge >= 0.3 is 5.97 Å². The van der Waals surface area contributed by atoms with E-state index in [1.807, 2.05) is 23.6 Å². The molecule has 0 spiro atoms. The Kier molecular flexibility index (Phi) is 3.54. The van der Waals surface area contributed by atoms with E-state index in [1.165, 1.54) is 16.0 Å². The molecule has 0 amide bonds. The molecule has 2 aromatic heterocycles. The third-order valence-electron chi connectivity index (χ3n) is 2.49. The summed E-state index contributed by atoms with van der Waals surface area (Å²) in [4.78, 5) is 16.7. The van der Waals surface area contributed by atoms with E-state index in [1.54, 1.807) is 29.2 Å². The molecular formula is C13H9NO2S3. The molecular weight excluding hydrogens is 298 g/mol. The minimum absolute atomic E-state index is 0.381. The highest BCUT2D eigenvalue weighted by molar-refractivity contribution is 7.98. The van der Waals surface area contributed by atoms with Crippen molar-refractivity contribution in [1.29, 1.82) is 0 Å². The quantitative estimate of drug-likeness (QED) is 0.728. The standard InChI is InChI=1S/C13H9NO2S3/c15-13(16)11-5-8(6-18-11)17-7-12-14-9-3-1-2-4-10(9)19-12/h1-6H,7H2,(H,15,16). The van der Waals surface area contributed by atoms with Crippen LogP contribution in [-0.4, -0.2) is 16.1 Å². The third-order valence-corrected chi connectivity index (χ3v) is 5.76. The van der Waals surface area contributed by atoms with Gasteiger partial charge in [0.2, 0.25) is 0 Å². The summed E-state index contributed by atoms with van der Waals surface area (Å²) in [5.41, 5.74) is 1.03. The van der Waals surface area contributed by atoms with Crippen LogP contribution in [0.2, 0.25) is 0 Å². The van der Waals surface area contributed by atoms with Crippen LogP contribution in [0.1, 0.15) is 14.7 Å². The van der Waals surface area contributed by atoms with Gasteiger partial charge in [0.25, 0.3) is 0 Å². The molecule has 0 fully saturated rings. The Morgan fingerprint density at radius 1 is 1.37 bits per heavy atom. The summed E-state index contributed by atoms with van der Waals surface area (Å²) in [5, 5.41) is 11.8. The molecule has 3 nitrogen and oxygen atoms in total. The predicted molar refractivity (Wildman–Crippen MR) is 80.5 cm³/mol. The number of carboxylic acids is 1. The van der Waals surface area contributed by atoms with Crippen molar-refractivity contribution in [2.24, 2.45) is 0 Å². The van der Waals surface area contributed by atoms with Crippen molar-refractivity contribution >= 4 is 50.6 Å². The molecule has 0 aliphatic carbocycles. The molecule has 0 aliphatic heterocycles. The van der Waals surface area contributed by atoms with Gasteiger partial charge in [-0.2, -0.15) is 0 Å². The van der Waals surface area contributed by atoms with Crippen molar-refractivity contribution < 1.29 is 9.90 Å². The van der Waals surface area contributed by atoms with Gasteiger partial charge in [-0.25, -0.2) is 9.78 Å². The van der Waals surface area contributed by atoms with Crippen molar-refractivity contribution in [2.45, 2.75) is 10.6 Å². The number of aromatic carboxylic acids is 1. The first-order valence-electron chi connectivity index (χ1n) is 5.51. The Labute approximate surface area is 121 Å². The number of hydrogen-bond acceptors (Lipinski definition) is 5. The molecule has 96 valence electrons. The Balaban J connectivity index is 1.72. The highest BCUT2D eigenvalue weighted by atomic mass is 32.2. The first kappa shape index (κ1) is 12.7. The van der Waals surface area contributed by atoms with E-state index in [4.69, 9.17) is 5.11 Å². The second kappa shape index (κ2) is 5.32. The summed E-state index contributed by atoms with van der Waals surface area (Å²) in [6, 6.07) is 9.78. The summed E-state index contributed by atoms with van der Waals surface area (Å²) >= 11 is 4.57. The molecule has 6 heteroatoms. The van der Waals surface area contributed by atoms with Crippen LogP contribution in [0.3, 0.4) is 0 Å². The van der Waals surface area contributed by atoms with Gasteiger partial charge in [-0.1, -0.05) is 12.1 Å². The molecule has 0 radical (unpaired) electrons. The molecule has 0 atom stereocenters. The van der Waals surface area contributed by atoms with Gasteiger partial charge in [-0.05, 0) is 18.2 Å². The van der Waals surface area contributed by atoms with Crippen molar-refractivity contribution in [2.75, 3.05) is 0 Å². The Bertz CT molecular complexity index is 699. The first-order valence-corrected chi connectivity index (χ1v) is 8.19. The smallest absolute Gasteiger partial charge is 0.345 e. The fourth-order valence-corrected chi connectivity index (χ4v) is 4.46. The number of aromatic nitrogens is 1. The predicted octanol–water partition coefficient (Wildman–Crippen LogP) is 4.35. The van der Waals surface area contributed by atoms with Crippen LogP contribution < -0.4 is 0 Å². The van der Waals surface area contributed by atoms with Gasteiger partial charge in [-0.3, -0.25) is 0 Å². The zero-order chi connectivity index (χ0) is 13.2. The number of carboxylic acid groups (broad SMARTS) is 1. The van der Waals surface area contributed by atoms with Gasteiger partial charge in [0.1, 0.15) is 9.88 Å². The molecule has 0 bridgehead atoms. The number of nitrogens with zero attached hydrogens (tertiary/aromatic N) is 1. The zero-order valence-corrected chi connectivity index (χ0v) is 12.1. The number of thiazole rings is 1. The van der Waals surface area contributed by atoms with E-state index in [2.05, 4.69) is 11.1 Å². The number of rotatable bonds is 4. The second-order valence-corrected chi connectivity index (χ2v) is 6.89. The molecule has 2 heterocycles. The topological polar surface area (TPSA) is 50.2 Å². The van der Waals surface area contributed by atoms with Crippen LogP contribution in [0.25, 0.3) is 10.2 Å². The lowest BCUT2D eigenvalue weighted by Gasteiger charge is -1.93. The van der Waals surface area contributed by atoms with Crippen molar-refractivity contribution in [1.82, 2.24) is 4.98 Å². The third kappa shape index (κ3) is 2.80. The average Bonchev–Trinajstić information content (AvgIpc) is 3.02. The summed E-state index contributed by atoms with van der Waals surface area (Å²) in [6.45, 7) is 0. The van der Waals surface area contributed by atoms with E-state index in [-0.39, 0.29) is 0 Å². The van der Waals surface area contributed by atoms with Crippen LogP contribution in [0.5, 0.6) is 0 Å². The molecule has 0 saturated carbocycles. The van der Waals surface area contributed by atoms with E-state index in [9.17, 15) is 4.79 Å². The zero-order valence-electron chi connectivity index (χ0n) is 9.70. The number of thioether (sulfide) groups is 1. The largest absolute Gasteiger partial charge is 0.477 e. The highest BCUT2D eigenvalue weighted by Gasteiger charge is 2.08. The van der Waals surface area contributed by atoms with Crippen molar-refractivity contribution in [3.05, 3.63) is 45.6 Å². The van der Waals surface area contributed by atoms with E-state index in [0.29, 0.717) is 4.88 Å². The second-order valence-electron chi connectivity index (χ2n) is 3.82. The molecule has 1 aromatic carbocycles. The van der Waals surface area contributed by atoms with Crippen LogP contribution in [0.15, 0.2) is 40.6 Å². The Hall–Kier alpha value is -1.37. The van der Waals surface area contributed by atoms with Gasteiger partial charge < -0.3 is 5.11 Å². The fraction of sp³-hybridized carbons (Fsp3) is 0.0769. The number of benzene rings is 1. The van der Waals surface area contributed by atoms with E-state index in [0.717, 1.165) is 21.2 Å². The van der Waals surface area contributed by atoms with Crippen LogP contribution >= 0.6 is 34.4 Å². The summed E-state index contributed by atoms with van der Waals surface area (Å²) in [7, 11) is 0. The fourth-order valence-electron chi connectivity index (χ4n) is 1.63. The molecule has 3 aromatic rings. The number of para-hydroxylation sites is 1. The lowest BCUT2D eigenvalue weighted by molar-refractivity contribution is 0.0702. The van der Waals surface area contributed by atoms with Crippen LogP contribution in [-0.2, 0) is 5.75 Å². The SMILES string of the molecule is O=C(O)c1cc(SCc2nc3ccccc3s2)cs1. The number of hydrogen-bond donors (Lipinski definition) is 1. The van der Waals surface area contributed by atoms with Crippen LogP contribution in [0.4, 0.5) is 0 Å². The Morgan fingerprint density at radius 2 is 2.21 bits per heavy atom. The van der Waals surface area contributed by atoms with Crippen LogP contribution in [0, 0.1) is 0 Å².